The van der Waals surface area contributed by atoms with Crippen LogP contribution in [0.5, 0.6) is 5.75 Å². The summed E-state index contributed by atoms with van der Waals surface area (Å²) in [6.45, 7) is 2.57. The van der Waals surface area contributed by atoms with E-state index in [9.17, 15) is 8.42 Å². The number of rotatable bonds is 5. The van der Waals surface area contributed by atoms with E-state index in [1.54, 1.807) is 19.2 Å². The van der Waals surface area contributed by atoms with E-state index < -0.39 is 10.0 Å². The van der Waals surface area contributed by atoms with Gasteiger partial charge in [-0.15, -0.1) is 0 Å². The van der Waals surface area contributed by atoms with Gasteiger partial charge in [0.25, 0.3) is 0 Å². The molecule has 1 aromatic heterocycles. The predicted molar refractivity (Wildman–Crippen MR) is 113 cm³/mol. The van der Waals surface area contributed by atoms with Crippen LogP contribution in [0.25, 0.3) is 11.4 Å². The lowest BCUT2D eigenvalue weighted by Crippen LogP contribution is -2.39. The summed E-state index contributed by atoms with van der Waals surface area (Å²) < 4.78 is 38.4. The second-order valence-electron chi connectivity index (χ2n) is 7.30. The highest BCUT2D eigenvalue weighted by atomic mass is 35.5. The molecule has 0 unspecified atom stereocenters. The van der Waals surface area contributed by atoms with Gasteiger partial charge in [-0.2, -0.15) is 9.29 Å². The van der Waals surface area contributed by atoms with Crippen molar-refractivity contribution in [2.75, 3.05) is 20.2 Å². The van der Waals surface area contributed by atoms with Crippen LogP contribution in [0, 0.1) is 6.92 Å². The van der Waals surface area contributed by atoms with E-state index in [1.165, 1.54) is 10.4 Å². The molecule has 1 atom stereocenters. The van der Waals surface area contributed by atoms with E-state index in [1.807, 2.05) is 31.2 Å². The van der Waals surface area contributed by atoms with Gasteiger partial charge < -0.3 is 9.26 Å². The van der Waals surface area contributed by atoms with Gasteiger partial charge >= 0.3 is 0 Å². The van der Waals surface area contributed by atoms with Crippen molar-refractivity contribution in [1.82, 2.24) is 14.4 Å². The minimum atomic E-state index is -3.65. The molecule has 2 aromatic carbocycles. The largest absolute Gasteiger partial charge is 0.497 e. The number of sulfonamides is 1. The molecule has 0 amide bonds. The molecule has 1 aliphatic rings. The molecule has 0 radical (unpaired) electrons. The molecule has 0 saturated carbocycles. The first kappa shape index (κ1) is 20.8. The van der Waals surface area contributed by atoms with Crippen LogP contribution in [0.15, 0.2) is 51.9 Å². The number of halogens is 1. The van der Waals surface area contributed by atoms with Crippen molar-refractivity contribution in [2.45, 2.75) is 30.6 Å². The van der Waals surface area contributed by atoms with Gasteiger partial charge in [0.05, 0.1) is 17.9 Å². The van der Waals surface area contributed by atoms with E-state index in [-0.39, 0.29) is 17.4 Å². The summed E-state index contributed by atoms with van der Waals surface area (Å²) in [5.41, 5.74) is 1.61. The second kappa shape index (κ2) is 8.37. The lowest BCUT2D eigenvalue weighted by atomic mass is 10.00. The Morgan fingerprint density at radius 2 is 2.07 bits per heavy atom. The molecule has 0 spiro atoms. The molecule has 4 rings (SSSR count). The number of benzene rings is 2. The Bertz CT molecular complexity index is 1160. The third kappa shape index (κ3) is 4.08. The summed E-state index contributed by atoms with van der Waals surface area (Å²) >= 11 is 6.14. The van der Waals surface area contributed by atoms with Gasteiger partial charge in [0.2, 0.25) is 21.7 Å². The zero-order valence-electron chi connectivity index (χ0n) is 16.7. The maximum Gasteiger partial charge on any atom is 0.243 e. The molecular formula is C21H22ClN3O4S. The molecule has 30 heavy (non-hydrogen) atoms. The van der Waals surface area contributed by atoms with Crippen LogP contribution >= 0.6 is 11.6 Å². The van der Waals surface area contributed by atoms with Gasteiger partial charge in [0, 0.05) is 23.7 Å². The lowest BCUT2D eigenvalue weighted by molar-refractivity contribution is 0.265. The highest BCUT2D eigenvalue weighted by Crippen LogP contribution is 2.32. The molecule has 0 bridgehead atoms. The summed E-state index contributed by atoms with van der Waals surface area (Å²) in [6, 6.07) is 12.2. The number of hydrogen-bond donors (Lipinski definition) is 0. The molecule has 158 valence electrons. The Morgan fingerprint density at radius 1 is 1.23 bits per heavy atom. The van der Waals surface area contributed by atoms with Gasteiger partial charge in [-0.3, -0.25) is 0 Å². The Morgan fingerprint density at radius 3 is 2.83 bits per heavy atom. The Labute approximate surface area is 180 Å². The number of piperidine rings is 1. The zero-order valence-corrected chi connectivity index (χ0v) is 18.3. The number of methoxy groups -OCH3 is 1. The normalized spacial score (nSPS) is 17.8. The van der Waals surface area contributed by atoms with Crippen molar-refractivity contribution in [3.63, 3.8) is 0 Å². The molecule has 3 aromatic rings. The van der Waals surface area contributed by atoms with Crippen molar-refractivity contribution < 1.29 is 17.7 Å². The summed E-state index contributed by atoms with van der Waals surface area (Å²) in [4.78, 5) is 4.71. The number of ether oxygens (including phenoxy) is 1. The minimum absolute atomic E-state index is 0.165. The van der Waals surface area contributed by atoms with Gasteiger partial charge in [0.1, 0.15) is 5.75 Å². The van der Waals surface area contributed by atoms with Gasteiger partial charge in [-0.25, -0.2) is 8.42 Å². The van der Waals surface area contributed by atoms with Crippen molar-refractivity contribution in [3.8, 4) is 17.1 Å². The van der Waals surface area contributed by atoms with Crippen LogP contribution in [-0.2, 0) is 10.0 Å². The molecule has 9 heteroatoms. The fraction of sp³-hybridized carbons (Fsp3) is 0.333. The van der Waals surface area contributed by atoms with E-state index in [2.05, 4.69) is 10.1 Å². The molecular weight excluding hydrogens is 426 g/mol. The summed E-state index contributed by atoms with van der Waals surface area (Å²) in [5, 5.41) is 4.51. The first-order chi connectivity index (χ1) is 14.4. The van der Waals surface area contributed by atoms with E-state index >= 15 is 0 Å². The number of nitrogens with zero attached hydrogens (tertiary/aromatic N) is 3. The molecule has 0 aliphatic carbocycles. The molecule has 7 nitrogen and oxygen atoms in total. The SMILES string of the molecule is COc1cccc(-c2noc([C@@H]3CCCN(S(=O)(=O)c4ccc(C)c(Cl)c4)C3)n2)c1. The lowest BCUT2D eigenvalue weighted by Gasteiger charge is -2.30. The van der Waals surface area contributed by atoms with Crippen molar-refractivity contribution >= 4 is 21.6 Å². The van der Waals surface area contributed by atoms with Gasteiger partial charge in [0.15, 0.2) is 0 Å². The van der Waals surface area contributed by atoms with Crippen LogP contribution in [0.1, 0.15) is 30.2 Å². The Balaban J connectivity index is 1.55. The molecule has 2 heterocycles. The van der Waals surface area contributed by atoms with Crippen LogP contribution in [0.4, 0.5) is 0 Å². The monoisotopic (exact) mass is 447 g/mol. The third-order valence-corrected chi connectivity index (χ3v) is 7.55. The number of hydrogen-bond acceptors (Lipinski definition) is 6. The fourth-order valence-electron chi connectivity index (χ4n) is 3.53. The van der Waals surface area contributed by atoms with Crippen LogP contribution in [-0.4, -0.2) is 43.1 Å². The van der Waals surface area contributed by atoms with Crippen LogP contribution < -0.4 is 4.74 Å². The summed E-state index contributed by atoms with van der Waals surface area (Å²) in [6.07, 6.45) is 1.49. The maximum absolute atomic E-state index is 13.1. The van der Waals surface area contributed by atoms with Crippen molar-refractivity contribution in [2.24, 2.45) is 0 Å². The summed E-state index contributed by atoms with van der Waals surface area (Å²) in [5.74, 6) is 1.43. The topological polar surface area (TPSA) is 85.5 Å². The second-order valence-corrected chi connectivity index (χ2v) is 9.65. The number of aryl methyl sites for hydroxylation is 1. The molecule has 0 N–H and O–H groups in total. The molecule has 1 fully saturated rings. The molecule has 1 saturated heterocycles. The average Bonchev–Trinajstić information content (AvgIpc) is 3.26. The van der Waals surface area contributed by atoms with E-state index in [0.29, 0.717) is 35.5 Å². The fourth-order valence-corrected chi connectivity index (χ4v) is 5.32. The van der Waals surface area contributed by atoms with Crippen LogP contribution in [0.3, 0.4) is 0 Å². The van der Waals surface area contributed by atoms with Gasteiger partial charge in [-0.05, 0) is 49.6 Å². The van der Waals surface area contributed by atoms with E-state index in [4.69, 9.17) is 20.9 Å². The predicted octanol–water partition coefficient (Wildman–Crippen LogP) is 4.28. The highest BCUT2D eigenvalue weighted by molar-refractivity contribution is 7.89. The quantitative estimate of drug-likeness (QED) is 0.580. The van der Waals surface area contributed by atoms with E-state index in [0.717, 1.165) is 17.5 Å². The average molecular weight is 448 g/mol. The first-order valence-corrected chi connectivity index (χ1v) is 11.4. The summed E-state index contributed by atoms with van der Waals surface area (Å²) in [7, 11) is -2.06. The van der Waals surface area contributed by atoms with Crippen LogP contribution in [0.2, 0.25) is 5.02 Å². The van der Waals surface area contributed by atoms with Crippen molar-refractivity contribution in [1.29, 1.82) is 0 Å². The van der Waals surface area contributed by atoms with Gasteiger partial charge in [-0.1, -0.05) is 35.0 Å². The highest BCUT2D eigenvalue weighted by Gasteiger charge is 2.33. The standard InChI is InChI=1S/C21H22ClN3O4S/c1-14-8-9-18(12-19(14)22)30(26,27)25-10-4-6-16(13-25)21-23-20(24-29-21)15-5-3-7-17(11-15)28-2/h3,5,7-9,11-12,16H,4,6,10,13H2,1-2H3/t16-/m1/s1. The number of aromatic nitrogens is 2. The third-order valence-electron chi connectivity index (χ3n) is 5.28. The molecule has 1 aliphatic heterocycles. The Kier molecular flexibility index (Phi) is 5.81. The smallest absolute Gasteiger partial charge is 0.243 e. The van der Waals surface area contributed by atoms with Crippen molar-refractivity contribution in [3.05, 3.63) is 58.9 Å². The minimum Gasteiger partial charge on any atom is -0.497 e. The maximum atomic E-state index is 13.1. The first-order valence-electron chi connectivity index (χ1n) is 9.63. The Hall–Kier alpha value is -2.42. The zero-order chi connectivity index (χ0) is 21.3.